The van der Waals surface area contributed by atoms with Crippen LogP contribution < -0.4 is 10.6 Å². The minimum atomic E-state index is -5.04. The number of hydrogen-bond donors (Lipinski definition) is 2. The molecule has 3 rings (SSSR count). The molecule has 0 spiro atoms. The van der Waals surface area contributed by atoms with E-state index in [0.717, 1.165) is 11.1 Å². The summed E-state index contributed by atoms with van der Waals surface area (Å²) in [5, 5.41) is 4.96. The molecule has 0 aliphatic heterocycles. The second kappa shape index (κ2) is 14.0. The Kier molecular flexibility index (Phi) is 10.8. The summed E-state index contributed by atoms with van der Waals surface area (Å²) in [6, 6.07) is 19.7. The van der Waals surface area contributed by atoms with Crippen LogP contribution in [-0.4, -0.2) is 36.5 Å². The second-order valence-corrected chi connectivity index (χ2v) is 9.47. The maximum atomic E-state index is 13.2. The van der Waals surface area contributed by atoms with Crippen molar-refractivity contribution in [3.63, 3.8) is 0 Å². The van der Waals surface area contributed by atoms with Crippen molar-refractivity contribution in [2.24, 2.45) is 0 Å². The number of halogens is 6. The molecule has 0 saturated heterocycles. The van der Waals surface area contributed by atoms with Crippen LogP contribution in [0.15, 0.2) is 78.9 Å². The van der Waals surface area contributed by atoms with Crippen LogP contribution in [0, 0.1) is 0 Å². The smallest absolute Gasteiger partial charge is 0.356 e. The fourth-order valence-electron chi connectivity index (χ4n) is 4.39. The highest BCUT2D eigenvalue weighted by molar-refractivity contribution is 5.90. The third-order valence-electron chi connectivity index (χ3n) is 6.39. The largest absolute Gasteiger partial charge is 0.416 e. The molecule has 0 aliphatic carbocycles. The van der Waals surface area contributed by atoms with E-state index in [0.29, 0.717) is 31.5 Å². The van der Waals surface area contributed by atoms with Gasteiger partial charge in [-0.15, -0.1) is 0 Å². The lowest BCUT2D eigenvalue weighted by atomic mass is 9.88. The summed E-state index contributed by atoms with van der Waals surface area (Å²) >= 11 is 0. The average molecular weight is 580 g/mol. The molecule has 220 valence electrons. The number of anilines is 1. The number of hydrogen-bond acceptors (Lipinski definition) is 2. The number of alkyl halides is 6. The molecule has 0 bridgehead atoms. The third kappa shape index (κ3) is 9.54. The van der Waals surface area contributed by atoms with Crippen LogP contribution in [0.1, 0.15) is 54.4 Å². The molecule has 41 heavy (non-hydrogen) atoms. The summed E-state index contributed by atoms with van der Waals surface area (Å²) < 4.78 is 79.0. The molecule has 2 N–H and O–H groups in total. The lowest BCUT2D eigenvalue weighted by Gasteiger charge is -2.23. The van der Waals surface area contributed by atoms with E-state index in [2.05, 4.69) is 10.6 Å². The summed E-state index contributed by atoms with van der Waals surface area (Å²) in [4.78, 5) is 26.5. The lowest BCUT2D eigenvalue weighted by molar-refractivity contribution is -0.143. The van der Waals surface area contributed by atoms with Gasteiger partial charge < -0.3 is 15.5 Å². The van der Waals surface area contributed by atoms with Gasteiger partial charge in [-0.1, -0.05) is 67.6 Å². The van der Waals surface area contributed by atoms with E-state index in [-0.39, 0.29) is 37.4 Å². The first-order valence-corrected chi connectivity index (χ1v) is 13.1. The Labute approximate surface area is 234 Å². The average Bonchev–Trinajstić information content (AvgIpc) is 2.93. The molecule has 0 atom stereocenters. The first-order chi connectivity index (χ1) is 19.4. The van der Waals surface area contributed by atoms with Crippen LogP contribution in [-0.2, 0) is 17.1 Å². The third-order valence-corrected chi connectivity index (χ3v) is 6.39. The number of amides is 3. The predicted octanol–water partition coefficient (Wildman–Crippen LogP) is 7.70. The molecule has 0 heterocycles. The molecule has 0 unspecified atom stereocenters. The predicted molar refractivity (Wildman–Crippen MR) is 144 cm³/mol. The molecule has 0 aromatic heterocycles. The highest BCUT2D eigenvalue weighted by Gasteiger charge is 2.37. The van der Waals surface area contributed by atoms with Crippen LogP contribution in [0.25, 0.3) is 0 Å². The van der Waals surface area contributed by atoms with Gasteiger partial charge in [0.05, 0.1) is 11.1 Å². The van der Waals surface area contributed by atoms with Crippen LogP contribution in [0.3, 0.4) is 0 Å². The fraction of sp³-hybridized carbons (Fsp3) is 0.333. The van der Waals surface area contributed by atoms with Gasteiger partial charge in [0.15, 0.2) is 0 Å². The first kappa shape index (κ1) is 31.5. The highest BCUT2D eigenvalue weighted by atomic mass is 19.4. The molecule has 11 heteroatoms. The van der Waals surface area contributed by atoms with Crippen molar-refractivity contribution in [2.45, 2.75) is 44.5 Å². The Hall–Kier alpha value is -4.02. The standard InChI is InChI=1S/C30H31F6N3O2/c1-2-16-39(28(41)38-25-19-23(29(31,32)33)18-24(20-25)30(34,35)36)17-14-27(40)37-15-13-26(21-9-5-3-6-10-21)22-11-7-4-8-12-22/h3-12,18-20,26H,2,13-17H2,1H3,(H,37,40)(H,38,41). The number of nitrogens with one attached hydrogen (secondary N) is 2. The van der Waals surface area contributed by atoms with Crippen LogP contribution in [0.4, 0.5) is 36.8 Å². The van der Waals surface area contributed by atoms with E-state index >= 15 is 0 Å². The second-order valence-electron chi connectivity index (χ2n) is 9.47. The Balaban J connectivity index is 1.60. The summed E-state index contributed by atoms with van der Waals surface area (Å²) in [5.41, 5.74) is -1.51. The number of urea groups is 1. The van der Waals surface area contributed by atoms with Crippen LogP contribution in [0.2, 0.25) is 0 Å². The Morgan fingerprint density at radius 2 is 1.29 bits per heavy atom. The van der Waals surface area contributed by atoms with Gasteiger partial charge in [-0.3, -0.25) is 4.79 Å². The van der Waals surface area contributed by atoms with E-state index in [1.807, 2.05) is 60.7 Å². The van der Waals surface area contributed by atoms with Crippen molar-refractivity contribution in [1.82, 2.24) is 10.2 Å². The monoisotopic (exact) mass is 579 g/mol. The van der Waals surface area contributed by atoms with E-state index in [9.17, 15) is 35.9 Å². The zero-order valence-electron chi connectivity index (χ0n) is 22.4. The van der Waals surface area contributed by atoms with Gasteiger partial charge in [0.1, 0.15) is 0 Å². The molecule has 0 radical (unpaired) electrons. The summed E-state index contributed by atoms with van der Waals surface area (Å²) in [7, 11) is 0. The Morgan fingerprint density at radius 1 is 0.780 bits per heavy atom. The Bertz CT molecular complexity index is 1210. The first-order valence-electron chi connectivity index (χ1n) is 13.1. The van der Waals surface area contributed by atoms with Crippen molar-refractivity contribution in [3.05, 3.63) is 101 Å². The molecule has 3 aromatic rings. The molecule has 5 nitrogen and oxygen atoms in total. The van der Waals surface area contributed by atoms with Crippen molar-refractivity contribution in [2.75, 3.05) is 25.0 Å². The molecule has 0 fully saturated rings. The quantitative estimate of drug-likeness (QED) is 0.229. The van der Waals surface area contributed by atoms with Crippen LogP contribution in [0.5, 0.6) is 0 Å². The molecular weight excluding hydrogens is 548 g/mol. The van der Waals surface area contributed by atoms with Crippen molar-refractivity contribution >= 4 is 17.6 Å². The summed E-state index contributed by atoms with van der Waals surface area (Å²) in [5.74, 6) is -0.286. The van der Waals surface area contributed by atoms with Gasteiger partial charge in [-0.2, -0.15) is 26.3 Å². The SMILES string of the molecule is CCCN(CCC(=O)NCCC(c1ccccc1)c1ccccc1)C(=O)Nc1cc(C(F)(F)F)cc(C(F)(F)F)c1. The minimum Gasteiger partial charge on any atom is -0.356 e. The lowest BCUT2D eigenvalue weighted by Crippen LogP contribution is -2.38. The van der Waals surface area contributed by atoms with E-state index in [4.69, 9.17) is 0 Å². The van der Waals surface area contributed by atoms with Gasteiger partial charge in [0, 0.05) is 37.7 Å². The van der Waals surface area contributed by atoms with Crippen molar-refractivity contribution < 1.29 is 35.9 Å². The molecule has 3 amide bonds. The van der Waals surface area contributed by atoms with Gasteiger partial charge in [0.25, 0.3) is 0 Å². The van der Waals surface area contributed by atoms with Crippen molar-refractivity contribution in [3.8, 4) is 0 Å². The van der Waals surface area contributed by atoms with E-state index < -0.39 is 35.2 Å². The number of carbonyl (C=O) groups is 2. The number of carbonyl (C=O) groups excluding carboxylic acids is 2. The fourth-order valence-corrected chi connectivity index (χ4v) is 4.39. The zero-order valence-corrected chi connectivity index (χ0v) is 22.4. The number of nitrogens with zero attached hydrogens (tertiary/aromatic N) is 1. The van der Waals surface area contributed by atoms with Crippen LogP contribution >= 0.6 is 0 Å². The maximum absolute atomic E-state index is 13.2. The van der Waals surface area contributed by atoms with Gasteiger partial charge in [-0.25, -0.2) is 4.79 Å². The van der Waals surface area contributed by atoms with Gasteiger partial charge >= 0.3 is 18.4 Å². The molecular formula is C30H31F6N3O2. The normalized spacial score (nSPS) is 11.8. The van der Waals surface area contributed by atoms with Gasteiger partial charge in [-0.05, 0) is 42.2 Å². The van der Waals surface area contributed by atoms with Crippen molar-refractivity contribution in [1.29, 1.82) is 0 Å². The minimum absolute atomic E-state index is 0.00997. The molecule has 0 aliphatic rings. The topological polar surface area (TPSA) is 61.4 Å². The summed E-state index contributed by atoms with van der Waals surface area (Å²) in [6.07, 6.45) is -9.09. The number of benzene rings is 3. The molecule has 3 aromatic carbocycles. The van der Waals surface area contributed by atoms with E-state index in [1.54, 1.807) is 6.92 Å². The molecule has 0 saturated carbocycles. The number of rotatable bonds is 11. The highest BCUT2D eigenvalue weighted by Crippen LogP contribution is 2.37. The maximum Gasteiger partial charge on any atom is 0.416 e. The summed E-state index contributed by atoms with van der Waals surface area (Å²) in [6.45, 7) is 2.18. The van der Waals surface area contributed by atoms with Gasteiger partial charge in [0.2, 0.25) is 5.91 Å². The Morgan fingerprint density at radius 3 is 1.76 bits per heavy atom. The zero-order chi connectivity index (χ0) is 30.0. The van der Waals surface area contributed by atoms with E-state index in [1.165, 1.54) is 4.90 Å².